The Balaban J connectivity index is 1.84. The van der Waals surface area contributed by atoms with Crippen molar-refractivity contribution >= 4 is 17.4 Å². The van der Waals surface area contributed by atoms with E-state index in [4.69, 9.17) is 10.2 Å². The zero-order chi connectivity index (χ0) is 22.5. The number of hydrogen-bond acceptors (Lipinski definition) is 6. The van der Waals surface area contributed by atoms with Gasteiger partial charge in [-0.2, -0.15) is 0 Å². The van der Waals surface area contributed by atoms with Crippen LogP contribution >= 0.6 is 0 Å². The van der Waals surface area contributed by atoms with Gasteiger partial charge in [0, 0.05) is 6.54 Å². The smallest absolute Gasteiger partial charge is 0.330 e. The summed E-state index contributed by atoms with van der Waals surface area (Å²) in [7, 11) is 0. The minimum Gasteiger partial charge on any atom is -0.465 e. The number of anilines is 2. The Labute approximate surface area is 179 Å². The Hall–Kier alpha value is -3.59. The third-order valence-corrected chi connectivity index (χ3v) is 5.03. The number of nitrogen functional groups attached to an aromatic ring is 1. The highest BCUT2D eigenvalue weighted by Crippen LogP contribution is 2.19. The number of nitrogens with one attached hydrogen (secondary N) is 2. The molecule has 3 aromatic rings. The molecule has 0 fully saturated rings. The summed E-state index contributed by atoms with van der Waals surface area (Å²) in [6.07, 6.45) is 0. The van der Waals surface area contributed by atoms with E-state index >= 15 is 0 Å². The number of aryl methyl sites for hydroxylation is 1. The molecular weight excluding hydrogens is 398 g/mol. The van der Waals surface area contributed by atoms with Crippen molar-refractivity contribution in [2.24, 2.45) is 0 Å². The van der Waals surface area contributed by atoms with Gasteiger partial charge in [-0.1, -0.05) is 30.3 Å². The molecule has 0 saturated heterocycles. The number of nitrogens with zero attached hydrogens (tertiary/aromatic N) is 2. The molecule has 31 heavy (non-hydrogen) atoms. The van der Waals surface area contributed by atoms with E-state index in [2.05, 4.69) is 10.3 Å². The molecule has 2 heterocycles. The number of aromatic amines is 1. The molecule has 0 aliphatic heterocycles. The molecule has 3 rings (SSSR count). The van der Waals surface area contributed by atoms with E-state index in [9.17, 15) is 14.4 Å². The third kappa shape index (κ3) is 4.95. The highest BCUT2D eigenvalue weighted by atomic mass is 16.3. The molecule has 0 aliphatic carbocycles. The highest BCUT2D eigenvalue weighted by Gasteiger charge is 2.23. The van der Waals surface area contributed by atoms with Crippen molar-refractivity contribution in [1.82, 2.24) is 14.9 Å². The minimum absolute atomic E-state index is 0.0358. The number of amides is 1. The predicted molar refractivity (Wildman–Crippen MR) is 119 cm³/mol. The molecule has 1 aromatic carbocycles. The Morgan fingerprint density at radius 1 is 1.23 bits per heavy atom. The van der Waals surface area contributed by atoms with Gasteiger partial charge in [0.2, 0.25) is 5.91 Å². The quantitative estimate of drug-likeness (QED) is 0.505. The summed E-state index contributed by atoms with van der Waals surface area (Å²) in [6.45, 7) is 5.82. The van der Waals surface area contributed by atoms with Gasteiger partial charge in [-0.25, -0.2) is 4.79 Å². The van der Waals surface area contributed by atoms with E-state index < -0.39 is 11.2 Å². The SMILES string of the molecule is CCN(C(=O)CNC(C)c1ccc(C)o1)c1c(N)n(Cc2ccccc2)c(=O)[nH]c1=O. The monoisotopic (exact) mass is 425 g/mol. The van der Waals surface area contributed by atoms with Crippen LogP contribution in [0.25, 0.3) is 0 Å². The number of furan rings is 1. The summed E-state index contributed by atoms with van der Waals surface area (Å²) in [6, 6.07) is 12.8. The van der Waals surface area contributed by atoms with Crippen LogP contribution in [0.1, 0.15) is 37.0 Å². The number of benzene rings is 1. The standard InChI is InChI=1S/C22H27N5O4/c1-4-26(18(28)12-24-15(3)17-11-10-14(2)31-17)19-20(23)27(22(30)25-21(19)29)13-16-8-6-5-7-9-16/h5-11,15,24H,4,12-13,23H2,1-3H3,(H,25,29,30). The Kier molecular flexibility index (Phi) is 6.76. The molecule has 9 nitrogen and oxygen atoms in total. The Morgan fingerprint density at radius 2 is 1.94 bits per heavy atom. The van der Waals surface area contributed by atoms with Crippen LogP contribution in [-0.4, -0.2) is 28.5 Å². The van der Waals surface area contributed by atoms with Crippen LogP contribution in [0.5, 0.6) is 0 Å². The predicted octanol–water partition coefficient (Wildman–Crippen LogP) is 1.77. The van der Waals surface area contributed by atoms with Crippen molar-refractivity contribution < 1.29 is 9.21 Å². The lowest BCUT2D eigenvalue weighted by Crippen LogP contribution is -2.44. The molecule has 1 atom stereocenters. The summed E-state index contributed by atoms with van der Waals surface area (Å²) in [5.74, 6) is 1.09. The van der Waals surface area contributed by atoms with E-state index in [1.165, 1.54) is 9.47 Å². The fraction of sp³-hybridized carbons (Fsp3) is 0.318. The fourth-order valence-electron chi connectivity index (χ4n) is 3.34. The molecule has 0 radical (unpaired) electrons. The average molecular weight is 425 g/mol. The molecule has 1 amide bonds. The van der Waals surface area contributed by atoms with Crippen LogP contribution in [0.3, 0.4) is 0 Å². The Bertz CT molecular complexity index is 1160. The van der Waals surface area contributed by atoms with Gasteiger partial charge in [0.05, 0.1) is 19.1 Å². The van der Waals surface area contributed by atoms with Crippen LogP contribution in [0.2, 0.25) is 0 Å². The molecule has 2 aromatic heterocycles. The second-order valence-corrected chi connectivity index (χ2v) is 7.25. The van der Waals surface area contributed by atoms with E-state index in [0.29, 0.717) is 5.76 Å². The third-order valence-electron chi connectivity index (χ3n) is 5.03. The summed E-state index contributed by atoms with van der Waals surface area (Å²) in [5, 5.41) is 3.09. The van der Waals surface area contributed by atoms with Crippen molar-refractivity contribution in [3.63, 3.8) is 0 Å². The average Bonchev–Trinajstić information content (AvgIpc) is 3.19. The normalized spacial score (nSPS) is 12.0. The van der Waals surface area contributed by atoms with Crippen LogP contribution < -0.4 is 27.2 Å². The van der Waals surface area contributed by atoms with E-state index in [1.807, 2.05) is 56.3 Å². The van der Waals surface area contributed by atoms with Gasteiger partial charge in [0.25, 0.3) is 5.56 Å². The van der Waals surface area contributed by atoms with Crippen molar-refractivity contribution in [3.8, 4) is 0 Å². The molecule has 4 N–H and O–H groups in total. The van der Waals surface area contributed by atoms with Gasteiger partial charge >= 0.3 is 5.69 Å². The topological polar surface area (TPSA) is 126 Å². The van der Waals surface area contributed by atoms with Crippen molar-refractivity contribution in [2.75, 3.05) is 23.7 Å². The van der Waals surface area contributed by atoms with Crippen LogP contribution in [0.4, 0.5) is 11.5 Å². The first-order valence-electron chi connectivity index (χ1n) is 10.1. The summed E-state index contributed by atoms with van der Waals surface area (Å²) < 4.78 is 6.83. The molecule has 0 bridgehead atoms. The number of nitrogens with two attached hydrogens (primary N) is 1. The highest BCUT2D eigenvalue weighted by molar-refractivity contribution is 5.96. The number of likely N-dealkylation sites (N-methyl/N-ethyl adjacent to an activating group) is 1. The molecule has 0 aliphatic rings. The number of rotatable bonds is 8. The minimum atomic E-state index is -0.697. The van der Waals surface area contributed by atoms with Crippen LogP contribution in [-0.2, 0) is 11.3 Å². The lowest BCUT2D eigenvalue weighted by atomic mass is 10.2. The molecular formula is C22H27N5O4. The van der Waals surface area contributed by atoms with Crippen LogP contribution in [0, 0.1) is 6.92 Å². The van der Waals surface area contributed by atoms with Crippen molar-refractivity contribution in [3.05, 3.63) is 80.4 Å². The number of aromatic nitrogens is 2. The van der Waals surface area contributed by atoms with E-state index in [-0.39, 0.29) is 43.1 Å². The number of carbonyl (C=O) groups excluding carboxylic acids is 1. The summed E-state index contributed by atoms with van der Waals surface area (Å²) in [4.78, 5) is 41.4. The molecule has 9 heteroatoms. The van der Waals surface area contributed by atoms with Gasteiger partial charge < -0.3 is 15.1 Å². The first kappa shape index (κ1) is 22.1. The van der Waals surface area contributed by atoms with Gasteiger partial charge in [0.15, 0.2) is 5.69 Å². The lowest BCUT2D eigenvalue weighted by molar-refractivity contribution is -0.117. The largest absolute Gasteiger partial charge is 0.465 e. The summed E-state index contributed by atoms with van der Waals surface area (Å²) in [5.41, 5.74) is 5.69. The lowest BCUT2D eigenvalue weighted by Gasteiger charge is -2.24. The summed E-state index contributed by atoms with van der Waals surface area (Å²) >= 11 is 0. The first-order chi connectivity index (χ1) is 14.8. The molecule has 0 saturated carbocycles. The zero-order valence-electron chi connectivity index (χ0n) is 17.8. The fourth-order valence-corrected chi connectivity index (χ4v) is 3.34. The van der Waals surface area contributed by atoms with Crippen LogP contribution in [0.15, 0.2) is 56.5 Å². The Morgan fingerprint density at radius 3 is 2.55 bits per heavy atom. The maximum atomic E-state index is 12.9. The van der Waals surface area contributed by atoms with Gasteiger partial charge in [-0.3, -0.25) is 24.5 Å². The second-order valence-electron chi connectivity index (χ2n) is 7.25. The van der Waals surface area contributed by atoms with Crippen molar-refractivity contribution in [2.45, 2.75) is 33.4 Å². The first-order valence-corrected chi connectivity index (χ1v) is 10.1. The maximum absolute atomic E-state index is 12.9. The van der Waals surface area contributed by atoms with Gasteiger partial charge in [0.1, 0.15) is 17.3 Å². The molecule has 164 valence electrons. The van der Waals surface area contributed by atoms with Crippen molar-refractivity contribution in [1.29, 1.82) is 0 Å². The second kappa shape index (κ2) is 9.48. The number of carbonyl (C=O) groups is 1. The maximum Gasteiger partial charge on any atom is 0.330 e. The van der Waals surface area contributed by atoms with E-state index in [1.54, 1.807) is 6.92 Å². The number of hydrogen-bond donors (Lipinski definition) is 3. The van der Waals surface area contributed by atoms with Gasteiger partial charge in [-0.15, -0.1) is 0 Å². The van der Waals surface area contributed by atoms with E-state index in [0.717, 1.165) is 11.3 Å². The molecule has 1 unspecified atom stereocenters. The zero-order valence-corrected chi connectivity index (χ0v) is 17.8. The van der Waals surface area contributed by atoms with Gasteiger partial charge in [-0.05, 0) is 38.5 Å². The molecule has 0 spiro atoms. The number of H-pyrrole nitrogens is 1.